The minimum Gasteiger partial charge on any atom is -0.313 e. The highest BCUT2D eigenvalue weighted by Crippen LogP contribution is 2.30. The Labute approximate surface area is 127 Å². The van der Waals surface area contributed by atoms with Crippen molar-refractivity contribution >= 4 is 10.0 Å². The molecule has 2 N–H and O–H groups in total. The van der Waals surface area contributed by atoms with Crippen LogP contribution in [-0.2, 0) is 16.6 Å². The molecule has 1 aromatic heterocycles. The molecule has 0 amide bonds. The topological polar surface area (TPSA) is 71.1 Å². The summed E-state index contributed by atoms with van der Waals surface area (Å²) in [6, 6.07) is 3.41. The number of aromatic nitrogens is 1. The van der Waals surface area contributed by atoms with E-state index in [1.807, 2.05) is 13.0 Å². The van der Waals surface area contributed by atoms with Gasteiger partial charge < -0.3 is 5.32 Å². The van der Waals surface area contributed by atoms with Gasteiger partial charge in [-0.25, -0.2) is 18.1 Å². The summed E-state index contributed by atoms with van der Waals surface area (Å²) in [4.78, 5) is 4.11. The summed E-state index contributed by atoms with van der Waals surface area (Å²) < 4.78 is 27.6. The number of sulfonamides is 1. The molecule has 0 atom stereocenters. The second-order valence-corrected chi connectivity index (χ2v) is 7.68. The summed E-state index contributed by atoms with van der Waals surface area (Å²) in [5.74, 6) is 0. The second kappa shape index (κ2) is 6.85. The van der Waals surface area contributed by atoms with E-state index in [0.29, 0.717) is 6.54 Å². The lowest BCUT2D eigenvalue weighted by Gasteiger charge is -2.24. The molecule has 0 saturated heterocycles. The second-order valence-electron chi connectivity index (χ2n) is 6.05. The average molecular weight is 311 g/mol. The van der Waals surface area contributed by atoms with Crippen LogP contribution in [0, 0.1) is 0 Å². The van der Waals surface area contributed by atoms with Crippen molar-refractivity contribution in [3.63, 3.8) is 0 Å². The predicted molar refractivity (Wildman–Crippen MR) is 83.4 cm³/mol. The van der Waals surface area contributed by atoms with Crippen molar-refractivity contribution in [2.75, 3.05) is 6.54 Å². The van der Waals surface area contributed by atoms with E-state index in [1.54, 1.807) is 12.3 Å². The third-order valence-electron chi connectivity index (χ3n) is 3.92. The van der Waals surface area contributed by atoms with Crippen LogP contribution < -0.4 is 10.0 Å². The molecule has 1 fully saturated rings. The van der Waals surface area contributed by atoms with Crippen molar-refractivity contribution in [1.82, 2.24) is 15.0 Å². The van der Waals surface area contributed by atoms with Gasteiger partial charge in [0, 0.05) is 18.3 Å². The minimum atomic E-state index is -3.53. The molecule has 0 aliphatic heterocycles. The van der Waals surface area contributed by atoms with Crippen LogP contribution in [0.2, 0.25) is 0 Å². The van der Waals surface area contributed by atoms with E-state index in [9.17, 15) is 8.42 Å². The summed E-state index contributed by atoms with van der Waals surface area (Å²) in [5.41, 5.74) is 0.677. The van der Waals surface area contributed by atoms with E-state index in [1.165, 1.54) is 0 Å². The molecule has 0 spiro atoms. The SMILES string of the molecule is CCCNCc1ccc(S(=O)(=O)NC2(C)CCCC2)nc1. The first-order chi connectivity index (χ1) is 9.95. The van der Waals surface area contributed by atoms with Crippen LogP contribution >= 0.6 is 0 Å². The summed E-state index contributed by atoms with van der Waals surface area (Å²) in [5, 5.41) is 3.38. The van der Waals surface area contributed by atoms with Gasteiger partial charge in [-0.3, -0.25) is 0 Å². The fraction of sp³-hybridized carbons (Fsp3) is 0.667. The van der Waals surface area contributed by atoms with Crippen LogP contribution in [0.15, 0.2) is 23.4 Å². The van der Waals surface area contributed by atoms with E-state index in [0.717, 1.165) is 44.2 Å². The lowest BCUT2D eigenvalue weighted by atomic mass is 10.0. The summed E-state index contributed by atoms with van der Waals surface area (Å²) >= 11 is 0. The van der Waals surface area contributed by atoms with Gasteiger partial charge in [-0.15, -0.1) is 0 Å². The van der Waals surface area contributed by atoms with Gasteiger partial charge in [0.2, 0.25) is 0 Å². The van der Waals surface area contributed by atoms with E-state index in [2.05, 4.69) is 21.9 Å². The average Bonchev–Trinajstić information content (AvgIpc) is 2.85. The largest absolute Gasteiger partial charge is 0.313 e. The maximum Gasteiger partial charge on any atom is 0.258 e. The Kier molecular flexibility index (Phi) is 5.35. The maximum absolute atomic E-state index is 12.4. The van der Waals surface area contributed by atoms with Gasteiger partial charge in [0.25, 0.3) is 10.0 Å². The lowest BCUT2D eigenvalue weighted by Crippen LogP contribution is -2.43. The molecule has 0 radical (unpaired) electrons. The molecule has 1 aliphatic carbocycles. The van der Waals surface area contributed by atoms with Crippen molar-refractivity contribution < 1.29 is 8.42 Å². The Morgan fingerprint density at radius 1 is 1.29 bits per heavy atom. The van der Waals surface area contributed by atoms with Crippen molar-refractivity contribution in [2.24, 2.45) is 0 Å². The first kappa shape index (κ1) is 16.4. The quantitative estimate of drug-likeness (QED) is 0.757. The smallest absolute Gasteiger partial charge is 0.258 e. The van der Waals surface area contributed by atoms with Gasteiger partial charge in [0.05, 0.1) is 0 Å². The molecule has 0 bridgehead atoms. The van der Waals surface area contributed by atoms with Crippen molar-refractivity contribution in [3.8, 4) is 0 Å². The zero-order valence-electron chi connectivity index (χ0n) is 12.9. The molecule has 118 valence electrons. The van der Waals surface area contributed by atoms with Gasteiger partial charge in [-0.2, -0.15) is 0 Å². The molecule has 1 heterocycles. The normalized spacial score (nSPS) is 18.0. The van der Waals surface area contributed by atoms with E-state index in [4.69, 9.17) is 0 Å². The molecular formula is C15H25N3O2S. The fourth-order valence-corrected chi connectivity index (χ4v) is 4.11. The summed E-state index contributed by atoms with van der Waals surface area (Å²) in [6.07, 6.45) is 6.65. The number of rotatable bonds is 7. The van der Waals surface area contributed by atoms with Crippen LogP contribution in [0.25, 0.3) is 0 Å². The predicted octanol–water partition coefficient (Wildman–Crippen LogP) is 2.19. The Bertz CT molecular complexity index is 549. The van der Waals surface area contributed by atoms with E-state index < -0.39 is 10.0 Å². The highest BCUT2D eigenvalue weighted by molar-refractivity contribution is 7.89. The van der Waals surface area contributed by atoms with Gasteiger partial charge in [0.1, 0.15) is 0 Å². The van der Waals surface area contributed by atoms with Crippen LogP contribution in [0.3, 0.4) is 0 Å². The molecule has 0 unspecified atom stereocenters. The molecule has 1 aromatic rings. The molecule has 2 rings (SSSR count). The number of hydrogen-bond acceptors (Lipinski definition) is 4. The highest BCUT2D eigenvalue weighted by atomic mass is 32.2. The standard InChI is InChI=1S/C15H25N3O2S/c1-3-10-16-11-13-6-7-14(17-12-13)21(19,20)18-15(2)8-4-5-9-15/h6-7,12,16,18H,3-5,8-11H2,1-2H3. The highest BCUT2D eigenvalue weighted by Gasteiger charge is 2.33. The number of nitrogens with one attached hydrogen (secondary N) is 2. The third-order valence-corrected chi connectivity index (χ3v) is 5.47. The molecule has 6 heteroatoms. The van der Waals surface area contributed by atoms with E-state index in [-0.39, 0.29) is 10.6 Å². The van der Waals surface area contributed by atoms with Crippen LogP contribution in [-0.4, -0.2) is 25.5 Å². The van der Waals surface area contributed by atoms with Crippen LogP contribution in [0.1, 0.15) is 51.5 Å². The zero-order valence-corrected chi connectivity index (χ0v) is 13.7. The first-order valence-corrected chi connectivity index (χ1v) is 9.13. The number of pyridine rings is 1. The van der Waals surface area contributed by atoms with Gasteiger partial charge in [-0.1, -0.05) is 25.8 Å². The fourth-order valence-electron chi connectivity index (χ4n) is 2.72. The molecule has 5 nitrogen and oxygen atoms in total. The zero-order chi connectivity index (χ0) is 15.3. The molecule has 1 aliphatic rings. The minimum absolute atomic E-state index is 0.106. The van der Waals surface area contributed by atoms with Crippen molar-refractivity contribution in [2.45, 2.75) is 63.1 Å². The van der Waals surface area contributed by atoms with E-state index >= 15 is 0 Å². The van der Waals surface area contributed by atoms with Crippen molar-refractivity contribution in [1.29, 1.82) is 0 Å². The molecule has 0 aromatic carbocycles. The summed E-state index contributed by atoms with van der Waals surface area (Å²) in [6.45, 7) is 5.74. The Balaban J connectivity index is 2.03. The Morgan fingerprint density at radius 3 is 2.57 bits per heavy atom. The van der Waals surface area contributed by atoms with Gasteiger partial charge in [-0.05, 0) is 44.4 Å². The number of nitrogens with zero attached hydrogens (tertiary/aromatic N) is 1. The molecule has 21 heavy (non-hydrogen) atoms. The molecule has 1 saturated carbocycles. The van der Waals surface area contributed by atoms with Gasteiger partial charge in [0.15, 0.2) is 5.03 Å². The monoisotopic (exact) mass is 311 g/mol. The van der Waals surface area contributed by atoms with Crippen molar-refractivity contribution in [3.05, 3.63) is 23.9 Å². The Hall–Kier alpha value is -0.980. The lowest BCUT2D eigenvalue weighted by molar-refractivity contribution is 0.426. The third kappa shape index (κ3) is 4.49. The number of hydrogen-bond donors (Lipinski definition) is 2. The summed E-state index contributed by atoms with van der Waals surface area (Å²) in [7, 11) is -3.53. The van der Waals surface area contributed by atoms with Gasteiger partial charge >= 0.3 is 0 Å². The van der Waals surface area contributed by atoms with Crippen LogP contribution in [0.4, 0.5) is 0 Å². The first-order valence-electron chi connectivity index (χ1n) is 7.65. The Morgan fingerprint density at radius 2 is 2.00 bits per heavy atom. The molecular weight excluding hydrogens is 286 g/mol. The maximum atomic E-state index is 12.4. The van der Waals surface area contributed by atoms with Crippen LogP contribution in [0.5, 0.6) is 0 Å².